The zero-order valence-corrected chi connectivity index (χ0v) is 12.4. The molecule has 0 spiro atoms. The summed E-state index contributed by atoms with van der Waals surface area (Å²) in [5.74, 6) is 0.610. The van der Waals surface area contributed by atoms with Gasteiger partial charge in [0.2, 0.25) is 0 Å². The number of piperidine rings is 1. The van der Waals surface area contributed by atoms with E-state index in [2.05, 4.69) is 22.8 Å². The fourth-order valence-electron chi connectivity index (χ4n) is 2.39. The highest BCUT2D eigenvalue weighted by Crippen LogP contribution is 2.23. The van der Waals surface area contributed by atoms with Gasteiger partial charge in [0.25, 0.3) is 5.91 Å². The zero-order valence-electron chi connectivity index (χ0n) is 11.6. The summed E-state index contributed by atoms with van der Waals surface area (Å²) in [6, 6.07) is 8.23. The molecule has 2 rings (SSSR count). The summed E-state index contributed by atoms with van der Waals surface area (Å²) in [5.41, 5.74) is 2.08. The van der Waals surface area contributed by atoms with Crippen molar-refractivity contribution >= 4 is 18.3 Å². The Morgan fingerprint density at radius 3 is 2.53 bits per heavy atom. The van der Waals surface area contributed by atoms with Crippen LogP contribution in [0.3, 0.4) is 0 Å². The number of carbonyl (C=O) groups excluding carboxylic acids is 1. The van der Waals surface area contributed by atoms with Crippen LogP contribution in [-0.2, 0) is 0 Å². The molecule has 1 aliphatic heterocycles. The van der Waals surface area contributed by atoms with Crippen molar-refractivity contribution in [1.82, 2.24) is 10.6 Å². The molecule has 0 radical (unpaired) electrons. The van der Waals surface area contributed by atoms with E-state index < -0.39 is 0 Å². The Kier molecular flexibility index (Phi) is 6.32. The van der Waals surface area contributed by atoms with Gasteiger partial charge in [-0.05, 0) is 56.8 Å². The zero-order chi connectivity index (χ0) is 13.0. The quantitative estimate of drug-likeness (QED) is 0.895. The number of benzene rings is 1. The minimum absolute atomic E-state index is 0. The van der Waals surface area contributed by atoms with Gasteiger partial charge in [0, 0.05) is 18.2 Å². The summed E-state index contributed by atoms with van der Waals surface area (Å²) in [6.45, 7) is 6.13. The Morgan fingerprint density at radius 2 is 2.00 bits per heavy atom. The van der Waals surface area contributed by atoms with Gasteiger partial charge in [-0.3, -0.25) is 4.79 Å². The average molecular weight is 283 g/mol. The molecular weight excluding hydrogens is 260 g/mol. The van der Waals surface area contributed by atoms with Crippen LogP contribution in [0.4, 0.5) is 0 Å². The van der Waals surface area contributed by atoms with Crippen LogP contribution in [-0.4, -0.2) is 25.0 Å². The van der Waals surface area contributed by atoms with Crippen LogP contribution < -0.4 is 10.6 Å². The van der Waals surface area contributed by atoms with E-state index in [1.165, 1.54) is 18.4 Å². The maximum Gasteiger partial charge on any atom is 0.251 e. The SMILES string of the molecule is CC(C)NC(=O)c1ccc(C2CCCNC2)cc1.Cl. The van der Waals surface area contributed by atoms with Gasteiger partial charge in [-0.25, -0.2) is 0 Å². The minimum atomic E-state index is 0. The van der Waals surface area contributed by atoms with Gasteiger partial charge in [0.15, 0.2) is 0 Å². The first-order valence-electron chi connectivity index (χ1n) is 6.78. The summed E-state index contributed by atoms with van der Waals surface area (Å²) in [4.78, 5) is 11.8. The highest BCUT2D eigenvalue weighted by Gasteiger charge is 2.15. The van der Waals surface area contributed by atoms with Crippen molar-refractivity contribution in [2.24, 2.45) is 0 Å². The first-order chi connectivity index (χ1) is 8.66. The second-order valence-corrected chi connectivity index (χ2v) is 5.29. The summed E-state index contributed by atoms with van der Waals surface area (Å²) >= 11 is 0. The van der Waals surface area contributed by atoms with Crippen LogP contribution in [0.1, 0.15) is 48.5 Å². The van der Waals surface area contributed by atoms with Gasteiger partial charge in [0.05, 0.1) is 0 Å². The van der Waals surface area contributed by atoms with Crippen LogP contribution in [0.5, 0.6) is 0 Å². The highest BCUT2D eigenvalue weighted by atomic mass is 35.5. The Balaban J connectivity index is 0.00000180. The van der Waals surface area contributed by atoms with Crippen molar-refractivity contribution in [3.8, 4) is 0 Å². The van der Waals surface area contributed by atoms with Gasteiger partial charge in [-0.2, -0.15) is 0 Å². The highest BCUT2D eigenvalue weighted by molar-refractivity contribution is 5.94. The van der Waals surface area contributed by atoms with E-state index in [4.69, 9.17) is 0 Å². The Hall–Kier alpha value is -1.06. The van der Waals surface area contributed by atoms with Crippen molar-refractivity contribution in [3.05, 3.63) is 35.4 Å². The van der Waals surface area contributed by atoms with E-state index in [9.17, 15) is 4.79 Å². The lowest BCUT2D eigenvalue weighted by molar-refractivity contribution is 0.0943. The largest absolute Gasteiger partial charge is 0.350 e. The second-order valence-electron chi connectivity index (χ2n) is 5.29. The number of halogens is 1. The normalized spacial score (nSPS) is 18.8. The number of nitrogens with one attached hydrogen (secondary N) is 2. The van der Waals surface area contributed by atoms with Crippen LogP contribution in [0.25, 0.3) is 0 Å². The standard InChI is InChI=1S/C15H22N2O.ClH/c1-11(2)17-15(18)13-7-5-12(6-8-13)14-4-3-9-16-10-14;/h5-8,11,14,16H,3-4,9-10H2,1-2H3,(H,17,18);1H. The number of hydrogen-bond acceptors (Lipinski definition) is 2. The Labute approximate surface area is 121 Å². The molecule has 0 saturated carbocycles. The minimum Gasteiger partial charge on any atom is -0.350 e. The first kappa shape index (κ1) is 16.0. The smallest absolute Gasteiger partial charge is 0.251 e. The topological polar surface area (TPSA) is 41.1 Å². The fourth-order valence-corrected chi connectivity index (χ4v) is 2.39. The summed E-state index contributed by atoms with van der Waals surface area (Å²) in [6.07, 6.45) is 2.48. The third-order valence-electron chi connectivity index (χ3n) is 3.36. The predicted octanol–water partition coefficient (Wildman–Crippen LogP) is 2.71. The van der Waals surface area contributed by atoms with Gasteiger partial charge in [-0.1, -0.05) is 12.1 Å². The Bertz CT molecular complexity index is 397. The van der Waals surface area contributed by atoms with Crippen molar-refractivity contribution in [2.45, 2.75) is 38.6 Å². The maximum atomic E-state index is 11.8. The molecule has 1 aliphatic rings. The maximum absolute atomic E-state index is 11.8. The molecule has 1 unspecified atom stereocenters. The molecule has 1 heterocycles. The van der Waals surface area contributed by atoms with E-state index in [0.717, 1.165) is 18.7 Å². The number of carbonyl (C=O) groups is 1. The van der Waals surface area contributed by atoms with Gasteiger partial charge < -0.3 is 10.6 Å². The molecule has 3 nitrogen and oxygen atoms in total. The summed E-state index contributed by atoms with van der Waals surface area (Å²) in [7, 11) is 0. The molecule has 4 heteroatoms. The van der Waals surface area contributed by atoms with Gasteiger partial charge in [0.1, 0.15) is 0 Å². The van der Waals surface area contributed by atoms with Crippen LogP contribution in [0, 0.1) is 0 Å². The molecule has 106 valence electrons. The molecule has 1 aromatic carbocycles. The van der Waals surface area contributed by atoms with Crippen LogP contribution in [0.2, 0.25) is 0 Å². The molecule has 0 bridgehead atoms. The summed E-state index contributed by atoms with van der Waals surface area (Å²) in [5, 5.41) is 6.32. The molecular formula is C15H23ClN2O. The molecule has 1 amide bonds. The van der Waals surface area contributed by atoms with Crippen molar-refractivity contribution in [3.63, 3.8) is 0 Å². The van der Waals surface area contributed by atoms with Crippen molar-refractivity contribution in [1.29, 1.82) is 0 Å². The van der Waals surface area contributed by atoms with Crippen molar-refractivity contribution < 1.29 is 4.79 Å². The number of hydrogen-bond donors (Lipinski definition) is 2. The first-order valence-corrected chi connectivity index (χ1v) is 6.78. The molecule has 19 heavy (non-hydrogen) atoms. The molecule has 0 aliphatic carbocycles. The monoisotopic (exact) mass is 282 g/mol. The second kappa shape index (κ2) is 7.51. The molecule has 1 aromatic rings. The fraction of sp³-hybridized carbons (Fsp3) is 0.533. The van der Waals surface area contributed by atoms with Gasteiger partial charge in [-0.15, -0.1) is 12.4 Å². The predicted molar refractivity (Wildman–Crippen MR) is 81.1 cm³/mol. The number of amides is 1. The van der Waals surface area contributed by atoms with E-state index in [1.807, 2.05) is 26.0 Å². The van der Waals surface area contributed by atoms with E-state index in [-0.39, 0.29) is 24.4 Å². The van der Waals surface area contributed by atoms with Crippen LogP contribution in [0.15, 0.2) is 24.3 Å². The lowest BCUT2D eigenvalue weighted by Gasteiger charge is -2.23. The Morgan fingerprint density at radius 1 is 1.32 bits per heavy atom. The molecule has 0 aromatic heterocycles. The van der Waals surface area contributed by atoms with Crippen molar-refractivity contribution in [2.75, 3.05) is 13.1 Å². The lowest BCUT2D eigenvalue weighted by atomic mass is 9.91. The lowest BCUT2D eigenvalue weighted by Crippen LogP contribution is -2.30. The third kappa shape index (κ3) is 4.51. The number of rotatable bonds is 3. The van der Waals surface area contributed by atoms with Crippen LogP contribution >= 0.6 is 12.4 Å². The summed E-state index contributed by atoms with van der Waals surface area (Å²) < 4.78 is 0. The molecule has 1 saturated heterocycles. The van der Waals surface area contributed by atoms with E-state index in [1.54, 1.807) is 0 Å². The average Bonchev–Trinajstić information content (AvgIpc) is 2.39. The van der Waals surface area contributed by atoms with Gasteiger partial charge >= 0.3 is 0 Å². The molecule has 1 fully saturated rings. The van der Waals surface area contributed by atoms with E-state index in [0.29, 0.717) is 5.92 Å². The van der Waals surface area contributed by atoms with E-state index >= 15 is 0 Å². The molecule has 1 atom stereocenters. The third-order valence-corrected chi connectivity index (χ3v) is 3.36. The molecule has 2 N–H and O–H groups in total.